The smallest absolute Gasteiger partial charge is 0.366 e. The lowest BCUT2D eigenvalue weighted by atomic mass is 9.58. The monoisotopic (exact) mass is 531 g/mol. The van der Waals surface area contributed by atoms with Crippen LogP contribution in [-0.4, -0.2) is 43.8 Å². The maximum atomic E-state index is 12.6. The third kappa shape index (κ3) is 4.15. The number of nitrogens with zero attached hydrogens (tertiary/aromatic N) is 3. The molecule has 40 heavy (non-hydrogen) atoms. The van der Waals surface area contributed by atoms with Gasteiger partial charge in [-0.2, -0.15) is 4.91 Å². The summed E-state index contributed by atoms with van der Waals surface area (Å²) >= 11 is 0. The number of fused-ring (bicyclic) bond motifs is 5. The van der Waals surface area contributed by atoms with Crippen LogP contribution in [0.3, 0.4) is 0 Å². The molecule has 1 amide bonds. The van der Waals surface area contributed by atoms with E-state index in [1.807, 2.05) is 17.8 Å². The molecule has 1 unspecified atom stereocenters. The van der Waals surface area contributed by atoms with Crippen LogP contribution in [0.5, 0.6) is 0 Å². The molecule has 2 heterocycles. The second-order valence-corrected chi connectivity index (χ2v) is 11.2. The molecule has 1 saturated heterocycles. The zero-order valence-electron chi connectivity index (χ0n) is 23.3. The molecular weight excluding hydrogens is 497 g/mol. The van der Waals surface area contributed by atoms with Crippen molar-refractivity contribution in [1.82, 2.24) is 4.90 Å². The summed E-state index contributed by atoms with van der Waals surface area (Å²) in [5, 5.41) is 3.28. The molecule has 2 aromatic rings. The first kappa shape index (κ1) is 26.1. The van der Waals surface area contributed by atoms with Crippen molar-refractivity contribution in [3.05, 3.63) is 123 Å². The van der Waals surface area contributed by atoms with Gasteiger partial charge in [-0.15, -0.1) is 5.09 Å². The Bertz CT molecular complexity index is 1540. The van der Waals surface area contributed by atoms with Crippen LogP contribution in [-0.2, 0) is 21.6 Å². The number of ether oxygens (including phenoxy) is 1. The highest BCUT2D eigenvalue weighted by Crippen LogP contribution is 2.55. The zero-order chi connectivity index (χ0) is 28.0. The van der Waals surface area contributed by atoms with Crippen molar-refractivity contribution in [3.8, 4) is 0 Å². The summed E-state index contributed by atoms with van der Waals surface area (Å²) in [5.74, 6) is 0.705. The van der Waals surface area contributed by atoms with E-state index in [1.54, 1.807) is 6.92 Å². The van der Waals surface area contributed by atoms with E-state index in [4.69, 9.17) is 4.74 Å². The van der Waals surface area contributed by atoms with Gasteiger partial charge in [0, 0.05) is 59.7 Å². The van der Waals surface area contributed by atoms with Crippen molar-refractivity contribution >= 4 is 23.9 Å². The highest BCUT2D eigenvalue weighted by atomic mass is 16.5. The van der Waals surface area contributed by atoms with Gasteiger partial charge in [-0.1, -0.05) is 74.0 Å². The number of carbonyl (C=O) groups excluding carboxylic acids is 1. The number of amides is 1. The third-order valence-electron chi connectivity index (χ3n) is 8.60. The highest BCUT2D eigenvalue weighted by molar-refractivity contribution is 6.70. The lowest BCUT2D eigenvalue weighted by molar-refractivity contribution is -0.126. The van der Waals surface area contributed by atoms with Crippen LogP contribution < -0.4 is 10.4 Å². The molecule has 6 nitrogen and oxygen atoms in total. The molecule has 1 spiro atoms. The Kier molecular flexibility index (Phi) is 6.61. The molecule has 0 N–H and O–H groups in total. The number of hydrogen-bond donors (Lipinski definition) is 0. The van der Waals surface area contributed by atoms with E-state index in [0.29, 0.717) is 17.9 Å². The molecule has 2 aliphatic heterocycles. The Morgan fingerprint density at radius 3 is 2.55 bits per heavy atom. The van der Waals surface area contributed by atoms with Gasteiger partial charge in [0.05, 0.1) is 0 Å². The van der Waals surface area contributed by atoms with Crippen molar-refractivity contribution in [2.75, 3.05) is 31.1 Å². The van der Waals surface area contributed by atoms with Gasteiger partial charge in [0.15, 0.2) is 5.60 Å². The van der Waals surface area contributed by atoms with Gasteiger partial charge < -0.3 is 14.5 Å². The molecule has 0 bridgehead atoms. The summed E-state index contributed by atoms with van der Waals surface area (Å²) < 4.78 is 6.82. The predicted molar refractivity (Wildman–Crippen MR) is 162 cm³/mol. The molecule has 1 fully saturated rings. The predicted octanol–water partition coefficient (Wildman–Crippen LogP) is 5.40. The lowest BCUT2D eigenvalue weighted by Gasteiger charge is -2.39. The van der Waals surface area contributed by atoms with Crippen LogP contribution in [0.25, 0.3) is 0 Å². The first-order valence-electron chi connectivity index (χ1n) is 14.1. The van der Waals surface area contributed by atoms with E-state index >= 15 is 0 Å². The number of benzene rings is 2. The van der Waals surface area contributed by atoms with E-state index < -0.39 is 12.4 Å². The summed E-state index contributed by atoms with van der Waals surface area (Å²) in [5.41, 5.74) is 8.48. The standard InChI is InChI=1S/C33H34BN3O3/c1-22(2)32(38)37-16-8-15-36(17-18-37)27-12-14-30-25(21-27)19-24-20-26(34(4)35-39)11-13-29(24)33(30)31-10-7-5-6-9-28(31)23(3)40-33/h6-7,9-14,20-21H,1,3,5,8,15-19H2,2,4H3. The van der Waals surface area contributed by atoms with Crippen LogP contribution >= 0.6 is 0 Å². The lowest BCUT2D eigenvalue weighted by Crippen LogP contribution is -2.37. The normalized spacial score (nSPS) is 21.3. The first-order chi connectivity index (χ1) is 19.3. The minimum atomic E-state index is -0.807. The summed E-state index contributed by atoms with van der Waals surface area (Å²) in [6.45, 7) is 14.4. The van der Waals surface area contributed by atoms with Crippen LogP contribution in [0.4, 0.5) is 5.69 Å². The van der Waals surface area contributed by atoms with Gasteiger partial charge in [-0.05, 0) is 49.4 Å². The van der Waals surface area contributed by atoms with Gasteiger partial charge in [0.1, 0.15) is 5.76 Å². The Morgan fingerprint density at radius 1 is 1.02 bits per heavy atom. The van der Waals surface area contributed by atoms with Gasteiger partial charge >= 0.3 is 6.85 Å². The topological polar surface area (TPSA) is 62.2 Å². The minimum absolute atomic E-state index is 0.0360. The highest BCUT2D eigenvalue weighted by Gasteiger charge is 2.50. The van der Waals surface area contributed by atoms with E-state index in [0.717, 1.165) is 77.9 Å². The van der Waals surface area contributed by atoms with Crippen LogP contribution in [0, 0.1) is 4.91 Å². The van der Waals surface area contributed by atoms with Crippen molar-refractivity contribution < 1.29 is 9.53 Å². The largest absolute Gasteiger partial charge is 0.473 e. The van der Waals surface area contributed by atoms with Crippen LogP contribution in [0.1, 0.15) is 42.0 Å². The van der Waals surface area contributed by atoms with E-state index in [2.05, 4.69) is 77.8 Å². The molecule has 6 rings (SSSR count). The SMILES string of the molecule is C=C(C)C(=O)N1CCCN(c2ccc3c(c2)Cc2cc(B(C)N=O)ccc2C32OC(=C)C3=C2C=CCC=C3)CC1. The Balaban J connectivity index is 1.45. The van der Waals surface area contributed by atoms with Gasteiger partial charge in [-0.25, -0.2) is 0 Å². The molecule has 0 aromatic heterocycles. The van der Waals surface area contributed by atoms with Gasteiger partial charge in [0.25, 0.3) is 0 Å². The number of hydrogen-bond acceptors (Lipinski definition) is 5. The van der Waals surface area contributed by atoms with E-state index in [-0.39, 0.29) is 5.91 Å². The average Bonchev–Trinajstić information content (AvgIpc) is 3.22. The molecule has 1 atom stereocenters. The summed E-state index contributed by atoms with van der Waals surface area (Å²) in [7, 11) is 0. The molecule has 0 saturated carbocycles. The van der Waals surface area contributed by atoms with Crippen molar-refractivity contribution in [3.63, 3.8) is 0 Å². The quantitative estimate of drug-likeness (QED) is 0.301. The second-order valence-electron chi connectivity index (χ2n) is 11.2. The summed E-state index contributed by atoms with van der Waals surface area (Å²) in [4.78, 5) is 28.2. The molecule has 202 valence electrons. The van der Waals surface area contributed by atoms with Crippen molar-refractivity contribution in [2.24, 2.45) is 5.09 Å². The fraction of sp³-hybridized carbons (Fsp3) is 0.303. The second kappa shape index (κ2) is 10.1. The number of carbonyl (C=O) groups is 1. The third-order valence-corrected chi connectivity index (χ3v) is 8.60. The average molecular weight is 531 g/mol. The number of allylic oxidation sites excluding steroid dienone is 3. The minimum Gasteiger partial charge on any atom is -0.473 e. The summed E-state index contributed by atoms with van der Waals surface area (Å²) in [6, 6.07) is 12.9. The van der Waals surface area contributed by atoms with Gasteiger partial charge in [0.2, 0.25) is 5.91 Å². The maximum Gasteiger partial charge on any atom is 0.366 e. The number of anilines is 1. The van der Waals surface area contributed by atoms with Crippen molar-refractivity contribution in [2.45, 2.75) is 38.6 Å². The van der Waals surface area contributed by atoms with E-state index in [1.165, 1.54) is 5.56 Å². The van der Waals surface area contributed by atoms with E-state index in [9.17, 15) is 9.70 Å². The maximum absolute atomic E-state index is 12.6. The Labute approximate surface area is 236 Å². The Morgan fingerprint density at radius 2 is 1.77 bits per heavy atom. The first-order valence-corrected chi connectivity index (χ1v) is 14.1. The molecule has 2 aromatic carbocycles. The molecule has 0 radical (unpaired) electrons. The fourth-order valence-corrected chi connectivity index (χ4v) is 6.56. The number of rotatable bonds is 4. The molecule has 7 heteroatoms. The zero-order valence-corrected chi connectivity index (χ0v) is 23.3. The van der Waals surface area contributed by atoms with Gasteiger partial charge in [-0.3, -0.25) is 4.79 Å². The molecule has 4 aliphatic rings. The van der Waals surface area contributed by atoms with Crippen LogP contribution in [0.2, 0.25) is 6.82 Å². The van der Waals surface area contributed by atoms with Crippen molar-refractivity contribution in [1.29, 1.82) is 0 Å². The number of nitroso groups, excluding NO2 is 1. The fourth-order valence-electron chi connectivity index (χ4n) is 6.56. The molecule has 2 aliphatic carbocycles. The summed E-state index contributed by atoms with van der Waals surface area (Å²) in [6.07, 6.45) is 11.1. The van der Waals surface area contributed by atoms with Crippen LogP contribution in [0.15, 0.2) is 101 Å². The molecular formula is C33H34BN3O3. The Hall–Kier alpha value is -4.13.